The van der Waals surface area contributed by atoms with Crippen LogP contribution in [0.5, 0.6) is 0 Å². The average molecular weight is 281 g/mol. The third kappa shape index (κ3) is 2.86. The molecule has 2 atom stereocenters. The zero-order valence-corrected chi connectivity index (χ0v) is 11.5. The highest BCUT2D eigenvalue weighted by molar-refractivity contribution is 6.33. The normalized spacial score (nSPS) is 14.2. The molecule has 0 radical (unpaired) electrons. The van der Waals surface area contributed by atoms with Gasteiger partial charge in [0, 0.05) is 21.5 Å². The van der Waals surface area contributed by atoms with E-state index in [0.29, 0.717) is 15.6 Å². The van der Waals surface area contributed by atoms with Crippen LogP contribution in [0.1, 0.15) is 30.1 Å². The zero-order chi connectivity index (χ0) is 13.1. The maximum absolute atomic E-state index is 10.4. The van der Waals surface area contributed by atoms with Crippen molar-refractivity contribution in [2.75, 3.05) is 0 Å². The van der Waals surface area contributed by atoms with E-state index in [1.807, 2.05) is 37.3 Å². The van der Waals surface area contributed by atoms with Crippen LogP contribution < -0.4 is 0 Å². The molecule has 3 heteroatoms. The molecule has 94 valence electrons. The van der Waals surface area contributed by atoms with Crippen molar-refractivity contribution in [2.45, 2.75) is 18.9 Å². The Kier molecular flexibility index (Phi) is 4.28. The SMILES string of the molecule is CC(c1ccccc1)C(O)c1cc(Cl)ccc1Cl. The molecule has 1 N–H and O–H groups in total. The molecule has 2 rings (SSSR count). The Hall–Kier alpha value is -1.02. The number of halogens is 2. The topological polar surface area (TPSA) is 20.2 Å². The van der Waals surface area contributed by atoms with Gasteiger partial charge in [0.2, 0.25) is 0 Å². The van der Waals surface area contributed by atoms with E-state index in [4.69, 9.17) is 23.2 Å². The molecular weight excluding hydrogens is 267 g/mol. The minimum Gasteiger partial charge on any atom is -0.388 e. The Morgan fingerprint density at radius 3 is 2.33 bits per heavy atom. The molecule has 0 fully saturated rings. The van der Waals surface area contributed by atoms with Crippen molar-refractivity contribution in [2.24, 2.45) is 0 Å². The minimum atomic E-state index is -0.668. The quantitative estimate of drug-likeness (QED) is 0.854. The standard InChI is InChI=1S/C15H14Cl2O/c1-10(11-5-3-2-4-6-11)15(18)13-9-12(16)7-8-14(13)17/h2-10,15,18H,1H3. The van der Waals surface area contributed by atoms with Crippen LogP contribution in [0.2, 0.25) is 10.0 Å². The van der Waals surface area contributed by atoms with Gasteiger partial charge in [-0.15, -0.1) is 0 Å². The molecule has 0 saturated heterocycles. The Morgan fingerprint density at radius 2 is 1.67 bits per heavy atom. The van der Waals surface area contributed by atoms with Gasteiger partial charge in [0.05, 0.1) is 6.10 Å². The van der Waals surface area contributed by atoms with Crippen LogP contribution in [-0.4, -0.2) is 5.11 Å². The fourth-order valence-corrected chi connectivity index (χ4v) is 2.36. The van der Waals surface area contributed by atoms with Crippen molar-refractivity contribution >= 4 is 23.2 Å². The number of hydrogen-bond acceptors (Lipinski definition) is 1. The van der Waals surface area contributed by atoms with Gasteiger partial charge in [0.25, 0.3) is 0 Å². The molecule has 0 aliphatic rings. The summed E-state index contributed by atoms with van der Waals surface area (Å²) in [5.41, 5.74) is 1.74. The molecule has 2 aromatic carbocycles. The van der Waals surface area contributed by atoms with Crippen molar-refractivity contribution < 1.29 is 5.11 Å². The van der Waals surface area contributed by atoms with Crippen LogP contribution in [0.3, 0.4) is 0 Å². The molecule has 0 aromatic heterocycles. The lowest BCUT2D eigenvalue weighted by molar-refractivity contribution is 0.152. The van der Waals surface area contributed by atoms with Gasteiger partial charge >= 0.3 is 0 Å². The summed E-state index contributed by atoms with van der Waals surface area (Å²) in [6, 6.07) is 15.0. The van der Waals surface area contributed by atoms with Crippen LogP contribution >= 0.6 is 23.2 Å². The summed E-state index contributed by atoms with van der Waals surface area (Å²) in [4.78, 5) is 0. The van der Waals surface area contributed by atoms with Gasteiger partial charge in [-0.3, -0.25) is 0 Å². The van der Waals surface area contributed by atoms with Crippen molar-refractivity contribution in [3.8, 4) is 0 Å². The largest absolute Gasteiger partial charge is 0.388 e. The molecule has 0 amide bonds. The average Bonchev–Trinajstić information content (AvgIpc) is 2.41. The lowest BCUT2D eigenvalue weighted by Crippen LogP contribution is -2.08. The predicted molar refractivity (Wildman–Crippen MR) is 76.3 cm³/mol. The fourth-order valence-electron chi connectivity index (χ4n) is 1.95. The molecule has 2 aromatic rings. The predicted octanol–water partition coefficient (Wildman–Crippen LogP) is 4.83. The number of benzene rings is 2. The first-order valence-electron chi connectivity index (χ1n) is 5.77. The fraction of sp³-hybridized carbons (Fsp3) is 0.200. The van der Waals surface area contributed by atoms with Crippen molar-refractivity contribution in [1.29, 1.82) is 0 Å². The Labute approximate surface area is 117 Å². The zero-order valence-electron chi connectivity index (χ0n) is 9.98. The highest BCUT2D eigenvalue weighted by Gasteiger charge is 2.20. The van der Waals surface area contributed by atoms with Gasteiger partial charge < -0.3 is 5.11 Å². The van der Waals surface area contributed by atoms with Crippen molar-refractivity contribution in [1.82, 2.24) is 0 Å². The Bertz CT molecular complexity index is 525. The number of hydrogen-bond donors (Lipinski definition) is 1. The van der Waals surface area contributed by atoms with Crippen molar-refractivity contribution in [3.63, 3.8) is 0 Å². The minimum absolute atomic E-state index is 0.0397. The van der Waals surface area contributed by atoms with E-state index in [2.05, 4.69) is 0 Å². The van der Waals surface area contributed by atoms with Gasteiger partial charge in [-0.2, -0.15) is 0 Å². The molecule has 0 spiro atoms. The summed E-state index contributed by atoms with van der Waals surface area (Å²) in [6.07, 6.45) is -0.668. The Balaban J connectivity index is 2.31. The first kappa shape index (κ1) is 13.4. The van der Waals surface area contributed by atoms with Gasteiger partial charge in [-0.1, -0.05) is 60.5 Å². The maximum atomic E-state index is 10.4. The lowest BCUT2D eigenvalue weighted by atomic mass is 9.91. The Morgan fingerprint density at radius 1 is 1.00 bits per heavy atom. The summed E-state index contributed by atoms with van der Waals surface area (Å²) in [5.74, 6) is -0.0397. The summed E-state index contributed by atoms with van der Waals surface area (Å²) in [5, 5.41) is 11.5. The monoisotopic (exact) mass is 280 g/mol. The van der Waals surface area contributed by atoms with Crippen LogP contribution in [0.25, 0.3) is 0 Å². The second-order valence-electron chi connectivity index (χ2n) is 4.31. The van der Waals surface area contributed by atoms with E-state index in [0.717, 1.165) is 5.56 Å². The molecule has 2 unspecified atom stereocenters. The number of aliphatic hydroxyl groups excluding tert-OH is 1. The third-order valence-corrected chi connectivity index (χ3v) is 3.65. The van der Waals surface area contributed by atoms with E-state index in [-0.39, 0.29) is 5.92 Å². The molecule has 0 saturated carbocycles. The van der Waals surface area contributed by atoms with E-state index in [9.17, 15) is 5.11 Å². The highest BCUT2D eigenvalue weighted by Crippen LogP contribution is 2.35. The highest BCUT2D eigenvalue weighted by atomic mass is 35.5. The lowest BCUT2D eigenvalue weighted by Gasteiger charge is -2.20. The molecule has 0 aliphatic carbocycles. The van der Waals surface area contributed by atoms with Gasteiger partial charge in [0.1, 0.15) is 0 Å². The van der Waals surface area contributed by atoms with E-state index in [1.54, 1.807) is 18.2 Å². The van der Waals surface area contributed by atoms with E-state index in [1.165, 1.54) is 0 Å². The van der Waals surface area contributed by atoms with Crippen LogP contribution in [0, 0.1) is 0 Å². The van der Waals surface area contributed by atoms with Gasteiger partial charge in [-0.05, 0) is 23.8 Å². The van der Waals surface area contributed by atoms with Crippen LogP contribution in [0.15, 0.2) is 48.5 Å². The van der Waals surface area contributed by atoms with Crippen LogP contribution in [-0.2, 0) is 0 Å². The van der Waals surface area contributed by atoms with Crippen LogP contribution in [0.4, 0.5) is 0 Å². The number of rotatable bonds is 3. The van der Waals surface area contributed by atoms with Crippen molar-refractivity contribution in [3.05, 3.63) is 69.7 Å². The molecule has 18 heavy (non-hydrogen) atoms. The second kappa shape index (κ2) is 5.75. The molecule has 0 bridgehead atoms. The summed E-state index contributed by atoms with van der Waals surface area (Å²) in [7, 11) is 0. The second-order valence-corrected chi connectivity index (χ2v) is 5.15. The summed E-state index contributed by atoms with van der Waals surface area (Å²) in [6.45, 7) is 1.97. The molecule has 1 nitrogen and oxygen atoms in total. The van der Waals surface area contributed by atoms with Gasteiger partial charge in [0.15, 0.2) is 0 Å². The smallest absolute Gasteiger partial charge is 0.0870 e. The first-order chi connectivity index (χ1) is 8.59. The van der Waals surface area contributed by atoms with E-state index >= 15 is 0 Å². The third-order valence-electron chi connectivity index (χ3n) is 3.08. The number of aliphatic hydroxyl groups is 1. The molecular formula is C15H14Cl2O. The van der Waals surface area contributed by atoms with E-state index < -0.39 is 6.10 Å². The summed E-state index contributed by atoms with van der Waals surface area (Å²) >= 11 is 12.0. The van der Waals surface area contributed by atoms with Gasteiger partial charge in [-0.25, -0.2) is 0 Å². The summed E-state index contributed by atoms with van der Waals surface area (Å²) < 4.78 is 0. The first-order valence-corrected chi connectivity index (χ1v) is 6.53. The maximum Gasteiger partial charge on any atom is 0.0870 e. The molecule has 0 aliphatic heterocycles. The molecule has 0 heterocycles.